The van der Waals surface area contributed by atoms with Gasteiger partial charge in [-0.15, -0.1) is 0 Å². The van der Waals surface area contributed by atoms with E-state index >= 15 is 0 Å². The molecule has 3 atom stereocenters. The van der Waals surface area contributed by atoms with Crippen molar-refractivity contribution in [2.45, 2.75) is 56.3 Å². The van der Waals surface area contributed by atoms with Crippen LogP contribution >= 0.6 is 11.8 Å². The summed E-state index contributed by atoms with van der Waals surface area (Å²) < 4.78 is 0.266. The zero-order valence-electron chi connectivity index (χ0n) is 9.33. The van der Waals surface area contributed by atoms with Gasteiger partial charge in [-0.25, -0.2) is 0 Å². The van der Waals surface area contributed by atoms with Crippen LogP contribution in [0.25, 0.3) is 0 Å². The molecule has 3 unspecified atom stereocenters. The molecule has 0 aliphatic heterocycles. The van der Waals surface area contributed by atoms with Crippen LogP contribution in [0, 0.1) is 11.8 Å². The molecule has 0 spiro atoms. The third-order valence-corrected chi connectivity index (χ3v) is 5.57. The molecule has 0 saturated heterocycles. The fourth-order valence-electron chi connectivity index (χ4n) is 2.94. The molecule has 0 radical (unpaired) electrons. The molecular formula is C12H22OS. The van der Waals surface area contributed by atoms with Crippen molar-refractivity contribution in [3.05, 3.63) is 0 Å². The van der Waals surface area contributed by atoms with Gasteiger partial charge in [0.05, 0.1) is 6.10 Å². The van der Waals surface area contributed by atoms with Gasteiger partial charge in [0.1, 0.15) is 0 Å². The molecule has 2 rings (SSSR count). The highest BCUT2D eigenvalue weighted by Crippen LogP contribution is 2.53. The first kappa shape index (κ1) is 10.8. The first-order chi connectivity index (χ1) is 6.68. The minimum absolute atomic E-state index is 0.0275. The molecule has 0 aromatic rings. The molecule has 0 aromatic carbocycles. The molecule has 0 heterocycles. The zero-order valence-corrected chi connectivity index (χ0v) is 10.1. The van der Waals surface area contributed by atoms with Crippen LogP contribution in [0.15, 0.2) is 0 Å². The lowest BCUT2D eigenvalue weighted by molar-refractivity contribution is 0.0642. The van der Waals surface area contributed by atoms with Crippen molar-refractivity contribution in [3.63, 3.8) is 0 Å². The topological polar surface area (TPSA) is 20.2 Å². The van der Waals surface area contributed by atoms with Gasteiger partial charge in [0, 0.05) is 4.75 Å². The molecule has 0 amide bonds. The highest BCUT2D eigenvalue weighted by molar-refractivity contribution is 8.00. The van der Waals surface area contributed by atoms with Crippen LogP contribution in [0.5, 0.6) is 0 Å². The fourth-order valence-corrected chi connectivity index (χ4v) is 3.89. The van der Waals surface area contributed by atoms with Crippen LogP contribution in [-0.2, 0) is 0 Å². The first-order valence-corrected chi connectivity index (χ1v) is 7.13. The molecule has 14 heavy (non-hydrogen) atoms. The van der Waals surface area contributed by atoms with Crippen LogP contribution in [0.4, 0.5) is 0 Å². The maximum absolute atomic E-state index is 10.4. The lowest BCUT2D eigenvalue weighted by Gasteiger charge is -2.34. The Balaban J connectivity index is 1.93. The Bertz CT molecular complexity index is 200. The molecule has 0 bridgehead atoms. The number of rotatable bonds is 3. The van der Waals surface area contributed by atoms with Crippen molar-refractivity contribution >= 4 is 11.8 Å². The van der Waals surface area contributed by atoms with E-state index in [-0.39, 0.29) is 10.9 Å². The molecule has 2 saturated carbocycles. The summed E-state index contributed by atoms with van der Waals surface area (Å²) in [6.07, 6.45) is 9.81. The third-order valence-electron chi connectivity index (χ3n) is 4.11. The average molecular weight is 214 g/mol. The molecule has 2 heteroatoms. The Labute approximate surface area is 91.7 Å². The van der Waals surface area contributed by atoms with Gasteiger partial charge >= 0.3 is 0 Å². The predicted molar refractivity (Wildman–Crippen MR) is 62.6 cm³/mol. The van der Waals surface area contributed by atoms with E-state index in [2.05, 4.69) is 13.2 Å². The number of aliphatic hydroxyl groups is 1. The van der Waals surface area contributed by atoms with Gasteiger partial charge in [-0.1, -0.05) is 19.8 Å². The Morgan fingerprint density at radius 3 is 2.57 bits per heavy atom. The maximum atomic E-state index is 10.4. The van der Waals surface area contributed by atoms with Crippen molar-refractivity contribution in [1.82, 2.24) is 0 Å². The monoisotopic (exact) mass is 214 g/mol. The van der Waals surface area contributed by atoms with Gasteiger partial charge in [0.2, 0.25) is 0 Å². The van der Waals surface area contributed by atoms with E-state index < -0.39 is 0 Å². The maximum Gasteiger partial charge on any atom is 0.0714 e. The van der Waals surface area contributed by atoms with E-state index in [9.17, 15) is 5.11 Å². The van der Waals surface area contributed by atoms with Gasteiger partial charge in [0.15, 0.2) is 0 Å². The highest BCUT2D eigenvalue weighted by Gasteiger charge is 2.51. The van der Waals surface area contributed by atoms with Crippen molar-refractivity contribution in [3.8, 4) is 0 Å². The van der Waals surface area contributed by atoms with Crippen molar-refractivity contribution in [2.24, 2.45) is 11.8 Å². The van der Waals surface area contributed by atoms with Crippen molar-refractivity contribution in [1.29, 1.82) is 0 Å². The highest BCUT2D eigenvalue weighted by atomic mass is 32.2. The van der Waals surface area contributed by atoms with E-state index in [0.717, 1.165) is 5.92 Å². The Hall–Kier alpha value is 0.310. The minimum atomic E-state index is -0.0275. The van der Waals surface area contributed by atoms with E-state index in [1.165, 1.54) is 38.5 Å². The molecule has 0 aromatic heterocycles. The largest absolute Gasteiger partial charge is 0.391 e. The van der Waals surface area contributed by atoms with Crippen LogP contribution in [0.1, 0.15) is 45.4 Å². The molecule has 1 nitrogen and oxygen atoms in total. The zero-order chi connectivity index (χ0) is 10.2. The molecule has 2 aliphatic rings. The number of hydrogen-bond donors (Lipinski definition) is 1. The summed E-state index contributed by atoms with van der Waals surface area (Å²) in [5, 5.41) is 10.4. The quantitative estimate of drug-likeness (QED) is 0.779. The summed E-state index contributed by atoms with van der Waals surface area (Å²) in [5.41, 5.74) is 0. The summed E-state index contributed by atoms with van der Waals surface area (Å²) in [4.78, 5) is 0. The van der Waals surface area contributed by atoms with Gasteiger partial charge in [0.25, 0.3) is 0 Å². The average Bonchev–Trinajstić information content (AvgIpc) is 2.97. The summed E-state index contributed by atoms with van der Waals surface area (Å²) in [7, 11) is 0. The smallest absolute Gasteiger partial charge is 0.0714 e. The van der Waals surface area contributed by atoms with Crippen LogP contribution in [-0.4, -0.2) is 22.2 Å². The second-order valence-corrected chi connectivity index (χ2v) is 6.47. The number of aliphatic hydroxyl groups excluding tert-OH is 1. The lowest BCUT2D eigenvalue weighted by Crippen LogP contribution is -2.35. The SMILES string of the molecule is CSC1(C(O)C2CCCC(C)C2)CC1. The lowest BCUT2D eigenvalue weighted by atomic mass is 9.78. The second kappa shape index (κ2) is 4.05. The molecular weight excluding hydrogens is 192 g/mol. The normalized spacial score (nSPS) is 37.9. The summed E-state index contributed by atoms with van der Waals surface area (Å²) >= 11 is 1.89. The Morgan fingerprint density at radius 1 is 1.36 bits per heavy atom. The Kier molecular flexibility index (Phi) is 3.13. The van der Waals surface area contributed by atoms with Gasteiger partial charge < -0.3 is 5.11 Å². The van der Waals surface area contributed by atoms with Crippen LogP contribution < -0.4 is 0 Å². The number of hydrogen-bond acceptors (Lipinski definition) is 2. The summed E-state index contributed by atoms with van der Waals surface area (Å²) in [6, 6.07) is 0. The molecule has 2 fully saturated rings. The summed E-state index contributed by atoms with van der Waals surface area (Å²) in [6.45, 7) is 2.33. The summed E-state index contributed by atoms with van der Waals surface area (Å²) in [5.74, 6) is 1.43. The van der Waals surface area contributed by atoms with E-state index in [1.54, 1.807) is 0 Å². The van der Waals surface area contributed by atoms with E-state index in [4.69, 9.17) is 0 Å². The van der Waals surface area contributed by atoms with Gasteiger partial charge in [-0.2, -0.15) is 11.8 Å². The van der Waals surface area contributed by atoms with E-state index in [1.807, 2.05) is 11.8 Å². The minimum Gasteiger partial charge on any atom is -0.391 e. The van der Waals surface area contributed by atoms with Crippen molar-refractivity contribution in [2.75, 3.05) is 6.26 Å². The van der Waals surface area contributed by atoms with Crippen LogP contribution in [0.2, 0.25) is 0 Å². The second-order valence-electron chi connectivity index (χ2n) is 5.25. The molecule has 2 aliphatic carbocycles. The fraction of sp³-hybridized carbons (Fsp3) is 1.00. The first-order valence-electron chi connectivity index (χ1n) is 5.91. The Morgan fingerprint density at radius 2 is 2.07 bits per heavy atom. The van der Waals surface area contributed by atoms with Gasteiger partial charge in [-0.05, 0) is 43.8 Å². The standard InChI is InChI=1S/C12H22OS/c1-9-4-3-5-10(8-9)11(13)12(14-2)6-7-12/h9-11,13H,3-8H2,1-2H3. The van der Waals surface area contributed by atoms with Crippen molar-refractivity contribution < 1.29 is 5.11 Å². The predicted octanol–water partition coefficient (Wildman–Crippen LogP) is 3.07. The van der Waals surface area contributed by atoms with Gasteiger partial charge in [-0.3, -0.25) is 0 Å². The third kappa shape index (κ3) is 1.96. The molecule has 82 valence electrons. The van der Waals surface area contributed by atoms with E-state index in [0.29, 0.717) is 5.92 Å². The molecule has 1 N–H and O–H groups in total. The number of thioether (sulfide) groups is 1. The van der Waals surface area contributed by atoms with Crippen LogP contribution in [0.3, 0.4) is 0 Å².